The van der Waals surface area contributed by atoms with Crippen LogP contribution in [0, 0.1) is 0 Å². The summed E-state index contributed by atoms with van der Waals surface area (Å²) in [4.78, 5) is 47.4. The Morgan fingerprint density at radius 3 is 1.96 bits per heavy atom. The van der Waals surface area contributed by atoms with Crippen LogP contribution in [0.5, 0.6) is 0 Å². The van der Waals surface area contributed by atoms with Gasteiger partial charge in [-0.2, -0.15) is 0 Å². The van der Waals surface area contributed by atoms with Crippen molar-refractivity contribution in [3.05, 3.63) is 35.9 Å². The Morgan fingerprint density at radius 1 is 0.917 bits per heavy atom. The molecule has 1 aromatic rings. The van der Waals surface area contributed by atoms with E-state index in [0.717, 1.165) is 0 Å². The van der Waals surface area contributed by atoms with Crippen molar-refractivity contribution in [3.8, 4) is 0 Å². The first-order valence-electron chi connectivity index (χ1n) is 7.70. The third kappa shape index (κ3) is 6.20. The van der Waals surface area contributed by atoms with Gasteiger partial charge in [0.15, 0.2) is 5.78 Å². The number of carbonyl (C=O) groups is 4. The van der Waals surface area contributed by atoms with Gasteiger partial charge >= 0.3 is 11.9 Å². The van der Waals surface area contributed by atoms with Crippen LogP contribution in [-0.2, 0) is 23.9 Å². The average molecular weight is 335 g/mol. The zero-order valence-corrected chi connectivity index (χ0v) is 13.7. The van der Waals surface area contributed by atoms with E-state index in [1.54, 1.807) is 44.2 Å². The van der Waals surface area contributed by atoms with Gasteiger partial charge in [0.1, 0.15) is 0 Å². The number of ketones is 1. The van der Waals surface area contributed by atoms with E-state index in [-0.39, 0.29) is 31.8 Å². The van der Waals surface area contributed by atoms with Crippen molar-refractivity contribution < 1.29 is 28.7 Å². The number of esters is 2. The van der Waals surface area contributed by atoms with Crippen molar-refractivity contribution in [1.82, 2.24) is 5.32 Å². The molecule has 0 unspecified atom stereocenters. The van der Waals surface area contributed by atoms with E-state index in [4.69, 9.17) is 9.47 Å². The standard InChI is InChI=1S/C17H21NO6/c1-3-23-16(21)15(17(22)24-4-2)18-14(20)11-10-13(19)12-8-6-5-7-9-12/h5-9,15H,3-4,10-11H2,1-2H3,(H,18,20). The molecule has 1 aromatic carbocycles. The van der Waals surface area contributed by atoms with Crippen LogP contribution < -0.4 is 5.32 Å². The molecule has 7 nitrogen and oxygen atoms in total. The van der Waals surface area contributed by atoms with Crippen LogP contribution in [0.25, 0.3) is 0 Å². The molecule has 0 fully saturated rings. The highest BCUT2D eigenvalue weighted by atomic mass is 16.6. The van der Waals surface area contributed by atoms with Gasteiger partial charge in [-0.25, -0.2) is 9.59 Å². The molecular weight excluding hydrogens is 314 g/mol. The smallest absolute Gasteiger partial charge is 0.340 e. The lowest BCUT2D eigenvalue weighted by Crippen LogP contribution is -2.48. The molecule has 0 spiro atoms. The van der Waals surface area contributed by atoms with E-state index in [1.165, 1.54) is 0 Å². The molecule has 130 valence electrons. The first-order chi connectivity index (χ1) is 11.5. The van der Waals surface area contributed by atoms with E-state index >= 15 is 0 Å². The number of rotatable bonds is 9. The number of Topliss-reactive ketones (excluding diaryl/α,β-unsaturated/α-hetero) is 1. The predicted molar refractivity (Wildman–Crippen MR) is 85.2 cm³/mol. The van der Waals surface area contributed by atoms with Crippen molar-refractivity contribution in [2.24, 2.45) is 0 Å². The first kappa shape index (κ1) is 19.3. The molecule has 0 aliphatic heterocycles. The van der Waals surface area contributed by atoms with E-state index in [2.05, 4.69) is 5.32 Å². The second-order valence-electron chi connectivity index (χ2n) is 4.79. The minimum absolute atomic E-state index is 0.0335. The number of carbonyl (C=O) groups excluding carboxylic acids is 4. The first-order valence-corrected chi connectivity index (χ1v) is 7.70. The second-order valence-corrected chi connectivity index (χ2v) is 4.79. The minimum atomic E-state index is -1.52. The molecule has 0 atom stereocenters. The molecule has 0 bridgehead atoms. The van der Waals surface area contributed by atoms with Gasteiger partial charge in [0.2, 0.25) is 11.9 Å². The summed E-state index contributed by atoms with van der Waals surface area (Å²) in [5.41, 5.74) is 0.498. The molecule has 0 aliphatic rings. The summed E-state index contributed by atoms with van der Waals surface area (Å²) < 4.78 is 9.49. The van der Waals surface area contributed by atoms with Gasteiger partial charge in [0.25, 0.3) is 0 Å². The monoisotopic (exact) mass is 335 g/mol. The van der Waals surface area contributed by atoms with Gasteiger partial charge in [0.05, 0.1) is 13.2 Å². The van der Waals surface area contributed by atoms with Crippen molar-refractivity contribution in [2.45, 2.75) is 32.7 Å². The van der Waals surface area contributed by atoms with Crippen LogP contribution >= 0.6 is 0 Å². The largest absolute Gasteiger partial charge is 0.464 e. The van der Waals surface area contributed by atoms with Crippen molar-refractivity contribution in [2.75, 3.05) is 13.2 Å². The van der Waals surface area contributed by atoms with Gasteiger partial charge < -0.3 is 14.8 Å². The van der Waals surface area contributed by atoms with Crippen LogP contribution in [0.2, 0.25) is 0 Å². The molecule has 1 rings (SSSR count). The Balaban J connectivity index is 2.59. The van der Waals surface area contributed by atoms with Gasteiger partial charge in [-0.3, -0.25) is 9.59 Å². The van der Waals surface area contributed by atoms with E-state index in [0.29, 0.717) is 5.56 Å². The maximum atomic E-state index is 11.9. The summed E-state index contributed by atoms with van der Waals surface area (Å²) in [7, 11) is 0. The lowest BCUT2D eigenvalue weighted by atomic mass is 10.1. The molecule has 0 saturated heterocycles. The average Bonchev–Trinajstić information content (AvgIpc) is 2.58. The summed E-state index contributed by atoms with van der Waals surface area (Å²) in [5.74, 6) is -2.59. The third-order valence-electron chi connectivity index (χ3n) is 3.02. The minimum Gasteiger partial charge on any atom is -0.464 e. The molecule has 1 amide bonds. The zero-order valence-electron chi connectivity index (χ0n) is 13.7. The van der Waals surface area contributed by atoms with Crippen LogP contribution in [0.1, 0.15) is 37.0 Å². The fraction of sp³-hybridized carbons (Fsp3) is 0.412. The number of hydrogen-bond donors (Lipinski definition) is 1. The van der Waals surface area contributed by atoms with Crippen molar-refractivity contribution in [3.63, 3.8) is 0 Å². The number of nitrogens with one attached hydrogen (secondary N) is 1. The Labute approximate surface area is 140 Å². The Bertz CT molecular complexity index is 566. The number of benzene rings is 1. The third-order valence-corrected chi connectivity index (χ3v) is 3.02. The van der Waals surface area contributed by atoms with Gasteiger partial charge in [-0.1, -0.05) is 30.3 Å². The molecule has 0 aromatic heterocycles. The Morgan fingerprint density at radius 2 is 1.46 bits per heavy atom. The van der Waals surface area contributed by atoms with Gasteiger partial charge in [-0.15, -0.1) is 0 Å². The molecule has 0 aliphatic carbocycles. The molecule has 7 heteroatoms. The number of ether oxygens (including phenoxy) is 2. The SMILES string of the molecule is CCOC(=O)C(NC(=O)CCC(=O)c1ccccc1)C(=O)OCC. The lowest BCUT2D eigenvalue weighted by molar-refractivity contribution is -0.159. The van der Waals surface area contributed by atoms with Crippen LogP contribution in [0.15, 0.2) is 30.3 Å². The van der Waals surface area contributed by atoms with Gasteiger partial charge in [0, 0.05) is 18.4 Å². The zero-order chi connectivity index (χ0) is 17.9. The number of amides is 1. The summed E-state index contributed by atoms with van der Waals surface area (Å²) in [6.45, 7) is 3.30. The molecule has 0 radical (unpaired) electrons. The molecule has 0 heterocycles. The molecular formula is C17H21NO6. The summed E-state index contributed by atoms with van der Waals surface area (Å²) in [6.07, 6.45) is -0.183. The van der Waals surface area contributed by atoms with E-state index in [1.807, 2.05) is 0 Å². The summed E-state index contributed by atoms with van der Waals surface area (Å²) in [5, 5.41) is 2.25. The second kappa shape index (κ2) is 10.1. The molecule has 1 N–H and O–H groups in total. The molecule has 24 heavy (non-hydrogen) atoms. The van der Waals surface area contributed by atoms with E-state index in [9.17, 15) is 19.2 Å². The highest BCUT2D eigenvalue weighted by Crippen LogP contribution is 2.05. The lowest BCUT2D eigenvalue weighted by Gasteiger charge is -2.15. The Hall–Kier alpha value is -2.70. The quantitative estimate of drug-likeness (QED) is 0.414. The van der Waals surface area contributed by atoms with Crippen LogP contribution in [-0.4, -0.2) is 42.9 Å². The van der Waals surface area contributed by atoms with Gasteiger partial charge in [-0.05, 0) is 13.8 Å². The van der Waals surface area contributed by atoms with Crippen molar-refractivity contribution in [1.29, 1.82) is 0 Å². The van der Waals surface area contributed by atoms with E-state index < -0.39 is 23.9 Å². The van der Waals surface area contributed by atoms with Crippen LogP contribution in [0.3, 0.4) is 0 Å². The maximum Gasteiger partial charge on any atom is 0.340 e. The maximum absolute atomic E-state index is 11.9. The Kier molecular flexibility index (Phi) is 8.18. The summed E-state index contributed by atoms with van der Waals surface area (Å²) >= 11 is 0. The highest BCUT2D eigenvalue weighted by molar-refractivity contribution is 6.03. The predicted octanol–water partition coefficient (Wildman–Crippen LogP) is 1.26. The normalized spacial score (nSPS) is 10.1. The number of hydrogen-bond acceptors (Lipinski definition) is 6. The topological polar surface area (TPSA) is 98.8 Å². The molecule has 0 saturated carbocycles. The van der Waals surface area contributed by atoms with Crippen LogP contribution in [0.4, 0.5) is 0 Å². The van der Waals surface area contributed by atoms with Crippen molar-refractivity contribution >= 4 is 23.6 Å². The fourth-order valence-electron chi connectivity index (χ4n) is 1.89. The highest BCUT2D eigenvalue weighted by Gasteiger charge is 2.31. The summed E-state index contributed by atoms with van der Waals surface area (Å²) in [6, 6.07) is 7.02. The fourth-order valence-corrected chi connectivity index (χ4v) is 1.89.